The van der Waals surface area contributed by atoms with Crippen LogP contribution >= 0.6 is 11.3 Å². The SMILES string of the molecule is COc1cccc(C=Nc2sc3c(c2C(=O)Nc2ccccc2OC)CC[C@@H](C(C)(C)C)C3)c1. The summed E-state index contributed by atoms with van der Waals surface area (Å²) >= 11 is 1.64. The highest BCUT2D eigenvalue weighted by Crippen LogP contribution is 2.45. The fourth-order valence-electron chi connectivity index (χ4n) is 4.42. The average molecular weight is 477 g/mol. The third-order valence-corrected chi connectivity index (χ3v) is 7.64. The fraction of sp³-hybridized carbons (Fsp3) is 0.357. The maximum Gasteiger partial charge on any atom is 0.259 e. The van der Waals surface area contributed by atoms with Gasteiger partial charge in [0.15, 0.2) is 0 Å². The van der Waals surface area contributed by atoms with Crippen molar-refractivity contribution in [3.05, 3.63) is 70.1 Å². The molecule has 4 rings (SSSR count). The molecule has 2 aromatic carbocycles. The summed E-state index contributed by atoms with van der Waals surface area (Å²) < 4.78 is 10.8. The maximum atomic E-state index is 13.6. The van der Waals surface area contributed by atoms with Crippen LogP contribution in [0.25, 0.3) is 0 Å². The second-order valence-electron chi connectivity index (χ2n) is 9.68. The minimum atomic E-state index is -0.144. The highest BCUT2D eigenvalue weighted by atomic mass is 32.1. The summed E-state index contributed by atoms with van der Waals surface area (Å²) in [6.45, 7) is 6.90. The van der Waals surface area contributed by atoms with Gasteiger partial charge in [-0.1, -0.05) is 45.0 Å². The Kier molecular flexibility index (Phi) is 7.08. The van der Waals surface area contributed by atoms with E-state index in [1.54, 1.807) is 31.8 Å². The van der Waals surface area contributed by atoms with Gasteiger partial charge in [0.25, 0.3) is 5.91 Å². The molecule has 1 aromatic heterocycles. The average Bonchev–Trinajstić information content (AvgIpc) is 3.20. The van der Waals surface area contributed by atoms with Crippen LogP contribution in [-0.4, -0.2) is 26.3 Å². The van der Waals surface area contributed by atoms with Crippen molar-refractivity contribution in [1.82, 2.24) is 0 Å². The first kappa shape index (κ1) is 24.0. The first-order valence-corrected chi connectivity index (χ1v) is 12.4. The predicted octanol–water partition coefficient (Wildman–Crippen LogP) is 6.92. The zero-order chi connectivity index (χ0) is 24.3. The van der Waals surface area contributed by atoms with Crippen LogP contribution in [0.2, 0.25) is 0 Å². The molecule has 6 heteroatoms. The molecule has 34 heavy (non-hydrogen) atoms. The van der Waals surface area contributed by atoms with Gasteiger partial charge in [-0.3, -0.25) is 4.79 Å². The zero-order valence-corrected chi connectivity index (χ0v) is 21.3. The van der Waals surface area contributed by atoms with Crippen LogP contribution in [0.1, 0.15) is 53.6 Å². The summed E-state index contributed by atoms with van der Waals surface area (Å²) in [5.41, 5.74) is 3.62. The molecule has 0 bridgehead atoms. The molecule has 0 saturated heterocycles. The van der Waals surface area contributed by atoms with Crippen LogP contribution in [-0.2, 0) is 12.8 Å². The first-order chi connectivity index (χ1) is 16.3. The van der Waals surface area contributed by atoms with Crippen molar-refractivity contribution in [3.8, 4) is 11.5 Å². The maximum absolute atomic E-state index is 13.6. The second kappa shape index (κ2) is 10.0. The smallest absolute Gasteiger partial charge is 0.259 e. The molecule has 1 N–H and O–H groups in total. The summed E-state index contributed by atoms with van der Waals surface area (Å²) in [4.78, 5) is 19.6. The number of aliphatic imine (C=N–C) groups is 1. The van der Waals surface area contributed by atoms with Gasteiger partial charge in [-0.2, -0.15) is 0 Å². The Labute approximate surface area is 205 Å². The molecule has 1 atom stereocenters. The Morgan fingerprint density at radius 3 is 2.65 bits per heavy atom. The lowest BCUT2D eigenvalue weighted by Crippen LogP contribution is -2.27. The summed E-state index contributed by atoms with van der Waals surface area (Å²) in [6, 6.07) is 15.2. The number of anilines is 1. The van der Waals surface area contributed by atoms with Crippen LogP contribution in [0.15, 0.2) is 53.5 Å². The highest BCUT2D eigenvalue weighted by Gasteiger charge is 2.33. The van der Waals surface area contributed by atoms with Crippen LogP contribution < -0.4 is 14.8 Å². The van der Waals surface area contributed by atoms with Gasteiger partial charge in [-0.05, 0) is 66.0 Å². The number of nitrogens with one attached hydrogen (secondary N) is 1. The standard InChI is InChI=1S/C28H32N2O3S/c1-28(2,3)19-13-14-21-24(16-19)34-27(29-17-18-9-8-10-20(15-18)32-4)25(21)26(31)30-22-11-6-7-12-23(22)33-5/h6-12,15,17,19H,13-14,16H2,1-5H3,(H,30,31)/t19-/m1/s1. The number of rotatable bonds is 6. The number of amides is 1. The molecule has 1 aliphatic carbocycles. The van der Waals surface area contributed by atoms with Crippen molar-refractivity contribution in [2.75, 3.05) is 19.5 Å². The Hall–Kier alpha value is -3.12. The third kappa shape index (κ3) is 5.17. The molecule has 3 aromatic rings. The molecular formula is C28H32N2O3S. The van der Waals surface area contributed by atoms with E-state index in [9.17, 15) is 4.79 Å². The highest BCUT2D eigenvalue weighted by molar-refractivity contribution is 7.16. The predicted molar refractivity (Wildman–Crippen MR) is 140 cm³/mol. The molecule has 0 radical (unpaired) electrons. The van der Waals surface area contributed by atoms with Gasteiger partial charge in [0.2, 0.25) is 0 Å². The van der Waals surface area contributed by atoms with Gasteiger partial charge in [0.1, 0.15) is 16.5 Å². The van der Waals surface area contributed by atoms with Crippen molar-refractivity contribution < 1.29 is 14.3 Å². The largest absolute Gasteiger partial charge is 0.497 e. The van der Waals surface area contributed by atoms with E-state index >= 15 is 0 Å². The van der Waals surface area contributed by atoms with E-state index in [0.29, 0.717) is 22.9 Å². The van der Waals surface area contributed by atoms with E-state index < -0.39 is 0 Å². The summed E-state index contributed by atoms with van der Waals surface area (Å²) in [5, 5.41) is 3.81. The summed E-state index contributed by atoms with van der Waals surface area (Å²) in [5.74, 6) is 1.85. The normalized spacial score (nSPS) is 15.7. The monoisotopic (exact) mass is 476 g/mol. The Morgan fingerprint density at radius 2 is 1.91 bits per heavy atom. The molecule has 5 nitrogen and oxygen atoms in total. The molecule has 0 saturated carbocycles. The minimum Gasteiger partial charge on any atom is -0.497 e. The lowest BCUT2D eigenvalue weighted by Gasteiger charge is -2.33. The number of benzene rings is 2. The first-order valence-electron chi connectivity index (χ1n) is 11.6. The van der Waals surface area contributed by atoms with Gasteiger partial charge in [-0.25, -0.2) is 4.99 Å². The van der Waals surface area contributed by atoms with Crippen molar-refractivity contribution in [3.63, 3.8) is 0 Å². The zero-order valence-electron chi connectivity index (χ0n) is 20.5. The fourth-order valence-corrected chi connectivity index (χ4v) is 5.69. The number of fused-ring (bicyclic) bond motifs is 1. The quantitative estimate of drug-likeness (QED) is 0.393. The number of methoxy groups -OCH3 is 2. The van der Waals surface area contributed by atoms with Crippen molar-refractivity contribution in [2.45, 2.75) is 40.0 Å². The molecule has 0 spiro atoms. The van der Waals surface area contributed by atoms with Crippen molar-refractivity contribution in [1.29, 1.82) is 0 Å². The number of nitrogens with zero attached hydrogens (tertiary/aromatic N) is 1. The molecule has 0 unspecified atom stereocenters. The van der Waals surface area contributed by atoms with E-state index in [4.69, 9.17) is 14.5 Å². The topological polar surface area (TPSA) is 59.9 Å². The van der Waals surface area contributed by atoms with E-state index in [0.717, 1.165) is 41.1 Å². The third-order valence-electron chi connectivity index (χ3n) is 6.48. The van der Waals surface area contributed by atoms with Crippen LogP contribution in [0.3, 0.4) is 0 Å². The lowest BCUT2D eigenvalue weighted by molar-refractivity contribution is 0.102. The number of carbonyl (C=O) groups is 1. The Balaban J connectivity index is 1.72. The number of thiophene rings is 1. The molecular weight excluding hydrogens is 444 g/mol. The van der Waals surface area contributed by atoms with Crippen molar-refractivity contribution in [2.24, 2.45) is 16.3 Å². The molecule has 0 fully saturated rings. The van der Waals surface area contributed by atoms with Gasteiger partial charge >= 0.3 is 0 Å². The molecule has 1 aliphatic rings. The molecule has 178 valence electrons. The second-order valence-corrected chi connectivity index (χ2v) is 10.8. The van der Waals surface area contributed by atoms with E-state index in [1.165, 1.54) is 4.88 Å². The van der Waals surface area contributed by atoms with Gasteiger partial charge in [0, 0.05) is 11.1 Å². The molecule has 1 amide bonds. The number of para-hydroxylation sites is 2. The molecule has 1 heterocycles. The van der Waals surface area contributed by atoms with Gasteiger partial charge in [-0.15, -0.1) is 11.3 Å². The van der Waals surface area contributed by atoms with Crippen LogP contribution in [0, 0.1) is 11.3 Å². The number of carbonyl (C=O) groups excluding carboxylic acids is 1. The van der Waals surface area contributed by atoms with E-state index in [1.807, 2.05) is 48.5 Å². The Morgan fingerprint density at radius 1 is 1.12 bits per heavy atom. The van der Waals surface area contributed by atoms with Gasteiger partial charge in [0.05, 0.1) is 25.5 Å². The van der Waals surface area contributed by atoms with Gasteiger partial charge < -0.3 is 14.8 Å². The lowest BCUT2D eigenvalue weighted by atomic mass is 9.72. The van der Waals surface area contributed by atoms with Crippen LogP contribution in [0.4, 0.5) is 10.7 Å². The Bertz CT molecular complexity index is 1210. The van der Waals surface area contributed by atoms with Crippen molar-refractivity contribution >= 4 is 34.1 Å². The van der Waals surface area contributed by atoms with E-state index in [2.05, 4.69) is 26.1 Å². The summed E-state index contributed by atoms with van der Waals surface area (Å²) in [7, 11) is 3.25. The van der Waals surface area contributed by atoms with E-state index in [-0.39, 0.29) is 11.3 Å². The summed E-state index contributed by atoms with van der Waals surface area (Å²) in [6.07, 6.45) is 4.74. The van der Waals surface area contributed by atoms with Crippen LogP contribution in [0.5, 0.6) is 11.5 Å². The number of hydrogen-bond acceptors (Lipinski definition) is 5. The number of ether oxygens (including phenoxy) is 2. The number of hydrogen-bond donors (Lipinski definition) is 1. The molecule has 0 aliphatic heterocycles. The minimum absolute atomic E-state index is 0.144.